The molecule has 5 rings (SSSR count). The summed E-state index contributed by atoms with van der Waals surface area (Å²) in [6.45, 7) is 9.62. The zero-order chi connectivity index (χ0) is 32.5. The fourth-order valence-electron chi connectivity index (χ4n) is 6.35. The summed E-state index contributed by atoms with van der Waals surface area (Å²) in [5, 5.41) is 2.60. The standard InChI is InChI=1S/C34H40N4O6S/c1-20-21(2)31(22(3)28-17-34(4,5)44-30(20)28)45(41,42)38-32(35)36-16-10-11-23(18-39)37-33(40)43-19-29-26-14-8-6-12-24(26)25-13-7-9-15-27(25)29/h6-9,12-15,18,23,29H,10-11,16-17,19H2,1-5H3,(H,37,40)(H3,35,36,38). The molecule has 1 unspecified atom stereocenters. The number of hydrogen-bond acceptors (Lipinski definition) is 7. The molecule has 0 saturated heterocycles. The third-order valence-corrected chi connectivity index (χ3v) is 10.2. The number of aldehydes is 1. The predicted octanol–water partition coefficient (Wildman–Crippen LogP) is 4.80. The number of nitrogens with one attached hydrogen (secondary N) is 2. The first-order valence-electron chi connectivity index (χ1n) is 15.0. The van der Waals surface area contributed by atoms with Crippen LogP contribution in [0.1, 0.15) is 66.0 Å². The van der Waals surface area contributed by atoms with Gasteiger partial charge in [0.25, 0.3) is 10.0 Å². The van der Waals surface area contributed by atoms with Crippen molar-refractivity contribution in [1.29, 1.82) is 0 Å². The highest BCUT2D eigenvalue weighted by Gasteiger charge is 2.37. The van der Waals surface area contributed by atoms with Crippen LogP contribution >= 0.6 is 0 Å². The van der Waals surface area contributed by atoms with Crippen molar-refractivity contribution in [3.63, 3.8) is 0 Å². The number of rotatable bonds is 10. The van der Waals surface area contributed by atoms with Gasteiger partial charge in [-0.25, -0.2) is 17.9 Å². The van der Waals surface area contributed by atoms with Crippen LogP contribution in [0.25, 0.3) is 11.1 Å². The smallest absolute Gasteiger partial charge is 0.407 e. The number of nitrogens with zero attached hydrogens (tertiary/aromatic N) is 1. The molecule has 238 valence electrons. The van der Waals surface area contributed by atoms with Gasteiger partial charge in [-0.1, -0.05) is 48.5 Å². The van der Waals surface area contributed by atoms with Crippen LogP contribution in [0, 0.1) is 20.8 Å². The zero-order valence-corrected chi connectivity index (χ0v) is 27.1. The van der Waals surface area contributed by atoms with E-state index in [1.54, 1.807) is 13.8 Å². The lowest BCUT2D eigenvalue weighted by Crippen LogP contribution is -2.38. The van der Waals surface area contributed by atoms with Crippen molar-refractivity contribution >= 4 is 28.4 Å². The molecular weight excluding hydrogens is 592 g/mol. The maximum Gasteiger partial charge on any atom is 0.407 e. The number of sulfonamides is 1. The molecule has 1 heterocycles. The maximum absolute atomic E-state index is 13.4. The molecule has 0 saturated carbocycles. The van der Waals surface area contributed by atoms with Crippen LogP contribution < -0.4 is 20.5 Å². The van der Waals surface area contributed by atoms with Gasteiger partial charge >= 0.3 is 6.09 Å². The van der Waals surface area contributed by atoms with E-state index >= 15 is 0 Å². The second-order valence-electron chi connectivity index (χ2n) is 12.3. The van der Waals surface area contributed by atoms with E-state index in [-0.39, 0.29) is 36.3 Å². The molecule has 0 radical (unpaired) electrons. The lowest BCUT2D eigenvalue weighted by atomic mass is 9.94. The Bertz CT molecular complexity index is 1740. The third-order valence-electron chi connectivity index (χ3n) is 8.57. The second kappa shape index (κ2) is 12.5. The van der Waals surface area contributed by atoms with Crippen molar-refractivity contribution in [2.24, 2.45) is 10.7 Å². The van der Waals surface area contributed by atoms with Gasteiger partial charge in [-0.15, -0.1) is 0 Å². The van der Waals surface area contributed by atoms with E-state index in [1.807, 2.05) is 57.2 Å². The molecular formula is C34H40N4O6S. The van der Waals surface area contributed by atoms with Gasteiger partial charge in [0.2, 0.25) is 5.96 Å². The summed E-state index contributed by atoms with van der Waals surface area (Å²) in [5.74, 6) is 0.398. The van der Waals surface area contributed by atoms with E-state index in [2.05, 4.69) is 27.2 Å². The van der Waals surface area contributed by atoms with Crippen LogP contribution in [-0.2, 0) is 26.0 Å². The van der Waals surface area contributed by atoms with E-state index in [9.17, 15) is 18.0 Å². The number of benzene rings is 3. The minimum Gasteiger partial charge on any atom is -0.487 e. The van der Waals surface area contributed by atoms with Crippen molar-refractivity contribution in [3.05, 3.63) is 81.9 Å². The number of alkyl carbamates (subject to hydrolysis) is 1. The molecule has 10 nitrogen and oxygen atoms in total. The summed E-state index contributed by atoms with van der Waals surface area (Å²) in [4.78, 5) is 28.6. The number of amides is 1. The van der Waals surface area contributed by atoms with Crippen LogP contribution in [0.3, 0.4) is 0 Å². The molecule has 0 spiro atoms. The van der Waals surface area contributed by atoms with Gasteiger partial charge in [-0.05, 0) is 86.4 Å². The van der Waals surface area contributed by atoms with Gasteiger partial charge in [-0.3, -0.25) is 4.99 Å². The molecule has 1 atom stereocenters. The SMILES string of the molecule is Cc1c(C)c(S(=O)(=O)NC(N)=NCCCC(C=O)NC(=O)OCC2c3ccccc3-c3ccccc32)c(C)c2c1OC(C)(C)C2. The van der Waals surface area contributed by atoms with Gasteiger partial charge in [0.05, 0.1) is 10.9 Å². The van der Waals surface area contributed by atoms with Gasteiger partial charge in [-0.2, -0.15) is 0 Å². The van der Waals surface area contributed by atoms with E-state index in [1.165, 1.54) is 0 Å². The molecule has 3 aromatic carbocycles. The molecule has 3 aromatic rings. The molecule has 1 aliphatic carbocycles. The number of nitrogens with two attached hydrogens (primary N) is 1. The number of guanidine groups is 1. The predicted molar refractivity (Wildman–Crippen MR) is 173 cm³/mol. The minimum absolute atomic E-state index is 0.0904. The molecule has 0 fully saturated rings. The number of ether oxygens (including phenoxy) is 2. The molecule has 11 heteroatoms. The summed E-state index contributed by atoms with van der Waals surface area (Å²) in [7, 11) is -4.02. The molecule has 2 aliphatic rings. The molecule has 4 N–H and O–H groups in total. The van der Waals surface area contributed by atoms with Gasteiger partial charge in [0, 0.05) is 24.4 Å². The van der Waals surface area contributed by atoms with Gasteiger partial charge < -0.3 is 25.3 Å². The van der Waals surface area contributed by atoms with Gasteiger partial charge in [0.15, 0.2) is 0 Å². The van der Waals surface area contributed by atoms with Crippen molar-refractivity contribution in [2.75, 3.05) is 13.2 Å². The zero-order valence-electron chi connectivity index (χ0n) is 26.3. The lowest BCUT2D eigenvalue weighted by Gasteiger charge is -2.19. The van der Waals surface area contributed by atoms with E-state index in [4.69, 9.17) is 15.2 Å². The maximum atomic E-state index is 13.4. The minimum atomic E-state index is -4.02. The van der Waals surface area contributed by atoms with Crippen molar-refractivity contribution in [2.45, 2.75) is 76.3 Å². The summed E-state index contributed by atoms with van der Waals surface area (Å²) < 4.78 is 40.8. The number of carbonyl (C=O) groups is 2. The normalized spacial score (nSPS) is 15.8. The molecule has 1 aliphatic heterocycles. The van der Waals surface area contributed by atoms with Crippen molar-refractivity contribution < 1.29 is 27.5 Å². The highest BCUT2D eigenvalue weighted by molar-refractivity contribution is 7.90. The van der Waals surface area contributed by atoms with Crippen LogP contribution in [0.15, 0.2) is 58.4 Å². The average Bonchev–Trinajstić information content (AvgIpc) is 3.50. The largest absolute Gasteiger partial charge is 0.487 e. The summed E-state index contributed by atoms with van der Waals surface area (Å²) in [6, 6.07) is 15.3. The summed E-state index contributed by atoms with van der Waals surface area (Å²) >= 11 is 0. The quantitative estimate of drug-likeness (QED) is 0.126. The average molecular weight is 633 g/mol. The Morgan fingerprint density at radius 3 is 2.31 bits per heavy atom. The number of hydrogen-bond donors (Lipinski definition) is 3. The first kappa shape index (κ1) is 32.0. The van der Waals surface area contributed by atoms with Crippen LogP contribution in [0.5, 0.6) is 5.75 Å². The number of fused-ring (bicyclic) bond motifs is 4. The summed E-state index contributed by atoms with van der Waals surface area (Å²) in [6.07, 6.45) is 1.20. The Kier molecular flexibility index (Phi) is 8.93. The summed E-state index contributed by atoms with van der Waals surface area (Å²) in [5.41, 5.74) is 12.9. The number of aliphatic imine (C=N–C) groups is 1. The fourth-order valence-corrected chi connectivity index (χ4v) is 7.87. The third kappa shape index (κ3) is 6.54. The Labute approximate surface area is 264 Å². The van der Waals surface area contributed by atoms with Crippen LogP contribution in [0.4, 0.5) is 4.79 Å². The van der Waals surface area contributed by atoms with Crippen molar-refractivity contribution in [3.8, 4) is 16.9 Å². The Morgan fingerprint density at radius 1 is 1.07 bits per heavy atom. The first-order valence-corrected chi connectivity index (χ1v) is 16.5. The molecule has 0 aromatic heterocycles. The van der Waals surface area contributed by atoms with E-state index < -0.39 is 27.8 Å². The van der Waals surface area contributed by atoms with Crippen molar-refractivity contribution in [1.82, 2.24) is 10.0 Å². The topological polar surface area (TPSA) is 149 Å². The first-order chi connectivity index (χ1) is 21.3. The molecule has 1 amide bonds. The highest BCUT2D eigenvalue weighted by Crippen LogP contribution is 2.45. The highest BCUT2D eigenvalue weighted by atomic mass is 32.2. The lowest BCUT2D eigenvalue weighted by molar-refractivity contribution is -0.109. The Morgan fingerprint density at radius 2 is 1.69 bits per heavy atom. The molecule has 0 bridgehead atoms. The monoisotopic (exact) mass is 632 g/mol. The van der Waals surface area contributed by atoms with E-state index in [0.29, 0.717) is 30.3 Å². The Balaban J connectivity index is 1.13. The second-order valence-corrected chi connectivity index (χ2v) is 13.9. The van der Waals surface area contributed by atoms with Gasteiger partial charge in [0.1, 0.15) is 24.2 Å². The van der Waals surface area contributed by atoms with Crippen LogP contribution in [-0.4, -0.2) is 51.6 Å². The number of carbonyl (C=O) groups excluding carboxylic acids is 2. The van der Waals surface area contributed by atoms with E-state index in [0.717, 1.165) is 39.1 Å². The Hall–Kier alpha value is -4.38. The van der Waals surface area contributed by atoms with Crippen LogP contribution in [0.2, 0.25) is 0 Å². The molecule has 45 heavy (non-hydrogen) atoms. The fraction of sp³-hybridized carbons (Fsp3) is 0.382.